The summed E-state index contributed by atoms with van der Waals surface area (Å²) in [6, 6.07) is 5.28. The molecule has 2 aromatic rings. The van der Waals surface area contributed by atoms with E-state index in [0.717, 1.165) is 11.9 Å². The summed E-state index contributed by atoms with van der Waals surface area (Å²) >= 11 is 0. The van der Waals surface area contributed by atoms with Crippen molar-refractivity contribution in [1.29, 1.82) is 0 Å². The van der Waals surface area contributed by atoms with Crippen LogP contribution in [-0.4, -0.2) is 28.0 Å². The number of nitrogens with one attached hydrogen (secondary N) is 1. The summed E-state index contributed by atoms with van der Waals surface area (Å²) in [5.74, 6) is -0.137. The van der Waals surface area contributed by atoms with Crippen LogP contribution in [0.1, 0.15) is 30.6 Å². The van der Waals surface area contributed by atoms with Crippen molar-refractivity contribution in [2.45, 2.75) is 25.8 Å². The van der Waals surface area contributed by atoms with Crippen LogP contribution in [0.25, 0.3) is 11.0 Å². The molecule has 0 aliphatic carbocycles. The Bertz CT molecular complexity index is 593. The average molecular weight is 258 g/mol. The van der Waals surface area contributed by atoms with E-state index in [0.29, 0.717) is 17.6 Å². The standard InChI is InChI=1S/C14H18N4O/c1-3-14(2,9-15)18-13(19)10-4-5-11-12(8-10)17-7-6-16-11/h4-8H,3,9,15H2,1-2H3,(H,18,19). The molecule has 0 aliphatic heterocycles. The van der Waals surface area contributed by atoms with Gasteiger partial charge in [-0.25, -0.2) is 0 Å². The van der Waals surface area contributed by atoms with Crippen LogP contribution in [0.2, 0.25) is 0 Å². The summed E-state index contributed by atoms with van der Waals surface area (Å²) in [4.78, 5) is 20.6. The van der Waals surface area contributed by atoms with Gasteiger partial charge in [0, 0.05) is 30.0 Å². The van der Waals surface area contributed by atoms with Crippen LogP contribution < -0.4 is 11.1 Å². The minimum Gasteiger partial charge on any atom is -0.346 e. The second kappa shape index (κ2) is 5.32. The molecule has 0 radical (unpaired) electrons. The number of fused-ring (bicyclic) bond motifs is 1. The van der Waals surface area contributed by atoms with Crippen LogP contribution in [0.4, 0.5) is 0 Å². The predicted octanol–water partition coefficient (Wildman–Crippen LogP) is 1.49. The fourth-order valence-electron chi connectivity index (χ4n) is 1.73. The van der Waals surface area contributed by atoms with E-state index in [1.165, 1.54) is 0 Å². The highest BCUT2D eigenvalue weighted by Gasteiger charge is 2.23. The molecule has 0 bridgehead atoms. The van der Waals surface area contributed by atoms with Crippen LogP contribution in [-0.2, 0) is 0 Å². The molecular weight excluding hydrogens is 240 g/mol. The smallest absolute Gasteiger partial charge is 0.251 e. The first-order valence-corrected chi connectivity index (χ1v) is 6.31. The highest BCUT2D eigenvalue weighted by atomic mass is 16.1. The van der Waals surface area contributed by atoms with Gasteiger partial charge in [0.25, 0.3) is 5.91 Å². The van der Waals surface area contributed by atoms with Crippen molar-refractivity contribution < 1.29 is 4.79 Å². The maximum absolute atomic E-state index is 12.2. The number of carbonyl (C=O) groups is 1. The normalized spacial score (nSPS) is 14.1. The van der Waals surface area contributed by atoms with Crippen LogP contribution in [0.5, 0.6) is 0 Å². The maximum Gasteiger partial charge on any atom is 0.251 e. The number of nitrogens with zero attached hydrogens (tertiary/aromatic N) is 2. The molecule has 1 heterocycles. The Kier molecular flexibility index (Phi) is 3.76. The molecule has 19 heavy (non-hydrogen) atoms. The summed E-state index contributed by atoms with van der Waals surface area (Å²) in [5, 5.41) is 2.96. The highest BCUT2D eigenvalue weighted by Crippen LogP contribution is 2.13. The van der Waals surface area contributed by atoms with Crippen LogP contribution in [0.3, 0.4) is 0 Å². The number of hydrogen-bond acceptors (Lipinski definition) is 4. The first kappa shape index (κ1) is 13.4. The summed E-state index contributed by atoms with van der Waals surface area (Å²) < 4.78 is 0. The van der Waals surface area contributed by atoms with Gasteiger partial charge in [-0.05, 0) is 31.5 Å². The van der Waals surface area contributed by atoms with Gasteiger partial charge < -0.3 is 11.1 Å². The van der Waals surface area contributed by atoms with Gasteiger partial charge in [0.05, 0.1) is 11.0 Å². The van der Waals surface area contributed by atoms with Gasteiger partial charge >= 0.3 is 0 Å². The largest absolute Gasteiger partial charge is 0.346 e. The topological polar surface area (TPSA) is 80.9 Å². The van der Waals surface area contributed by atoms with Crippen molar-refractivity contribution in [2.24, 2.45) is 5.73 Å². The van der Waals surface area contributed by atoms with Gasteiger partial charge in [0.1, 0.15) is 0 Å². The molecule has 1 aromatic carbocycles. The number of nitrogens with two attached hydrogens (primary N) is 1. The van der Waals surface area contributed by atoms with E-state index in [-0.39, 0.29) is 11.4 Å². The fraction of sp³-hybridized carbons (Fsp3) is 0.357. The lowest BCUT2D eigenvalue weighted by atomic mass is 9.98. The molecule has 0 saturated carbocycles. The fourth-order valence-corrected chi connectivity index (χ4v) is 1.73. The summed E-state index contributed by atoms with van der Waals surface area (Å²) in [7, 11) is 0. The van der Waals surface area contributed by atoms with Gasteiger partial charge in [0.15, 0.2) is 0 Å². The van der Waals surface area contributed by atoms with E-state index in [9.17, 15) is 4.79 Å². The Balaban J connectivity index is 2.26. The minimum atomic E-state index is -0.381. The molecule has 0 aliphatic rings. The second-order valence-corrected chi connectivity index (χ2v) is 4.83. The molecule has 3 N–H and O–H groups in total. The zero-order chi connectivity index (χ0) is 13.9. The molecule has 5 heteroatoms. The van der Waals surface area contributed by atoms with Crippen molar-refractivity contribution in [3.63, 3.8) is 0 Å². The number of hydrogen-bond donors (Lipinski definition) is 2. The van der Waals surface area contributed by atoms with Gasteiger partial charge in [-0.3, -0.25) is 14.8 Å². The van der Waals surface area contributed by atoms with Crippen molar-refractivity contribution in [3.05, 3.63) is 36.2 Å². The Labute approximate surface area is 112 Å². The van der Waals surface area contributed by atoms with Crippen LogP contribution in [0.15, 0.2) is 30.6 Å². The quantitative estimate of drug-likeness (QED) is 0.870. The third-order valence-corrected chi connectivity index (χ3v) is 3.38. The molecule has 1 atom stereocenters. The van der Waals surface area contributed by atoms with E-state index in [2.05, 4.69) is 15.3 Å². The van der Waals surface area contributed by atoms with E-state index in [4.69, 9.17) is 5.73 Å². The zero-order valence-corrected chi connectivity index (χ0v) is 11.2. The number of amides is 1. The van der Waals surface area contributed by atoms with Gasteiger partial charge in [-0.2, -0.15) is 0 Å². The third kappa shape index (κ3) is 2.88. The minimum absolute atomic E-state index is 0.137. The molecule has 0 saturated heterocycles. The van der Waals surface area contributed by atoms with Crippen LogP contribution in [0, 0.1) is 0 Å². The lowest BCUT2D eigenvalue weighted by Crippen LogP contribution is -2.50. The number of rotatable bonds is 4. The Morgan fingerprint density at radius 3 is 2.63 bits per heavy atom. The molecule has 100 valence electrons. The number of benzene rings is 1. The Hall–Kier alpha value is -2.01. The zero-order valence-electron chi connectivity index (χ0n) is 11.2. The van der Waals surface area contributed by atoms with E-state index < -0.39 is 0 Å². The lowest BCUT2D eigenvalue weighted by Gasteiger charge is -2.27. The second-order valence-electron chi connectivity index (χ2n) is 4.83. The number of aromatic nitrogens is 2. The first-order valence-electron chi connectivity index (χ1n) is 6.31. The van der Waals surface area contributed by atoms with Crippen molar-refractivity contribution in [1.82, 2.24) is 15.3 Å². The highest BCUT2D eigenvalue weighted by molar-refractivity contribution is 5.97. The Morgan fingerprint density at radius 1 is 1.32 bits per heavy atom. The SMILES string of the molecule is CCC(C)(CN)NC(=O)c1ccc2nccnc2c1. The molecule has 1 unspecified atom stereocenters. The van der Waals surface area contributed by atoms with Gasteiger partial charge in [-0.15, -0.1) is 0 Å². The van der Waals surface area contributed by atoms with E-state index >= 15 is 0 Å². The first-order chi connectivity index (χ1) is 9.08. The monoisotopic (exact) mass is 258 g/mol. The van der Waals surface area contributed by atoms with E-state index in [1.807, 2.05) is 13.8 Å². The third-order valence-electron chi connectivity index (χ3n) is 3.38. The lowest BCUT2D eigenvalue weighted by molar-refractivity contribution is 0.0906. The molecular formula is C14H18N4O. The molecule has 0 spiro atoms. The average Bonchev–Trinajstić information content (AvgIpc) is 2.46. The molecule has 5 nitrogen and oxygen atoms in total. The van der Waals surface area contributed by atoms with Crippen LogP contribution >= 0.6 is 0 Å². The molecule has 0 fully saturated rings. The van der Waals surface area contributed by atoms with Crippen molar-refractivity contribution >= 4 is 16.9 Å². The van der Waals surface area contributed by atoms with Crippen molar-refractivity contribution in [3.8, 4) is 0 Å². The van der Waals surface area contributed by atoms with Crippen molar-refractivity contribution in [2.75, 3.05) is 6.54 Å². The Morgan fingerprint density at radius 2 is 2.00 bits per heavy atom. The summed E-state index contributed by atoms with van der Waals surface area (Å²) in [6.07, 6.45) is 4.02. The van der Waals surface area contributed by atoms with E-state index in [1.54, 1.807) is 30.6 Å². The maximum atomic E-state index is 12.2. The molecule has 1 amide bonds. The summed E-state index contributed by atoms with van der Waals surface area (Å²) in [6.45, 7) is 4.34. The number of carbonyl (C=O) groups excluding carboxylic acids is 1. The molecule has 2 rings (SSSR count). The summed E-state index contributed by atoms with van der Waals surface area (Å²) in [5.41, 5.74) is 7.37. The predicted molar refractivity (Wildman–Crippen MR) is 74.8 cm³/mol. The van der Waals surface area contributed by atoms with Gasteiger partial charge in [-0.1, -0.05) is 6.92 Å². The molecule has 1 aromatic heterocycles. The van der Waals surface area contributed by atoms with Gasteiger partial charge in [0.2, 0.25) is 0 Å².